The summed E-state index contributed by atoms with van der Waals surface area (Å²) < 4.78 is 5.21. The highest BCUT2D eigenvalue weighted by atomic mass is 16.6. The number of nitrogens with one attached hydrogen (secondary N) is 1. The van der Waals surface area contributed by atoms with Crippen molar-refractivity contribution in [1.29, 1.82) is 0 Å². The van der Waals surface area contributed by atoms with Crippen LogP contribution in [0.5, 0.6) is 0 Å². The predicted molar refractivity (Wildman–Crippen MR) is 64.8 cm³/mol. The lowest BCUT2D eigenvalue weighted by Gasteiger charge is -2.19. The number of aromatic nitrogens is 1. The smallest absolute Gasteiger partial charge is 0.407 e. The summed E-state index contributed by atoms with van der Waals surface area (Å²) in [7, 11) is 0. The monoisotopic (exact) mass is 234 g/mol. The van der Waals surface area contributed by atoms with Crippen molar-refractivity contribution >= 4 is 6.09 Å². The zero-order valence-electron chi connectivity index (χ0n) is 10.4. The minimum absolute atomic E-state index is 0.189. The summed E-state index contributed by atoms with van der Waals surface area (Å²) in [4.78, 5) is 15.6. The maximum Gasteiger partial charge on any atom is 0.407 e. The second-order valence-corrected chi connectivity index (χ2v) is 5.38. The van der Waals surface area contributed by atoms with E-state index in [-0.39, 0.29) is 12.1 Å². The van der Waals surface area contributed by atoms with Gasteiger partial charge >= 0.3 is 6.09 Å². The third-order valence-electron chi connectivity index (χ3n) is 2.61. The summed E-state index contributed by atoms with van der Waals surface area (Å²) in [6, 6.07) is 4.14. The quantitative estimate of drug-likeness (QED) is 0.855. The van der Waals surface area contributed by atoms with E-state index in [1.54, 1.807) is 6.20 Å². The van der Waals surface area contributed by atoms with Crippen molar-refractivity contribution in [2.24, 2.45) is 0 Å². The number of nitrogens with zero attached hydrogens (tertiary/aromatic N) is 1. The van der Waals surface area contributed by atoms with Crippen LogP contribution >= 0.6 is 0 Å². The minimum atomic E-state index is -0.442. The van der Waals surface area contributed by atoms with Crippen molar-refractivity contribution in [3.8, 4) is 0 Å². The zero-order chi connectivity index (χ0) is 12.5. The molecule has 0 radical (unpaired) electrons. The van der Waals surface area contributed by atoms with Gasteiger partial charge in [0.1, 0.15) is 5.60 Å². The summed E-state index contributed by atoms with van der Waals surface area (Å²) in [5.41, 5.74) is 0.733. The van der Waals surface area contributed by atoms with Crippen LogP contribution in [0.3, 0.4) is 0 Å². The molecule has 0 aliphatic heterocycles. The molecule has 1 unspecified atom stereocenters. The van der Waals surface area contributed by atoms with E-state index in [2.05, 4.69) is 10.3 Å². The summed E-state index contributed by atoms with van der Waals surface area (Å²) in [6.07, 6.45) is 4.23. The molecule has 0 saturated heterocycles. The van der Waals surface area contributed by atoms with E-state index >= 15 is 0 Å². The van der Waals surface area contributed by atoms with Gasteiger partial charge in [0.2, 0.25) is 0 Å². The number of ether oxygens (including phenoxy) is 1. The Labute approximate surface area is 101 Å². The van der Waals surface area contributed by atoms with Crippen molar-refractivity contribution in [3.63, 3.8) is 0 Å². The lowest BCUT2D eigenvalue weighted by molar-refractivity contribution is 0.0523. The molecule has 2 atom stereocenters. The molecule has 1 saturated carbocycles. The Morgan fingerprint density at radius 1 is 1.53 bits per heavy atom. The molecule has 17 heavy (non-hydrogen) atoms. The molecule has 0 spiro atoms. The average molecular weight is 234 g/mol. The Kier molecular flexibility index (Phi) is 3.05. The van der Waals surface area contributed by atoms with Crippen LogP contribution in [0.2, 0.25) is 0 Å². The maximum atomic E-state index is 11.5. The summed E-state index contributed by atoms with van der Waals surface area (Å²) >= 11 is 0. The summed E-state index contributed by atoms with van der Waals surface area (Å²) in [5.74, 6) is 0.385. The van der Waals surface area contributed by atoms with Crippen LogP contribution in [-0.2, 0) is 4.74 Å². The van der Waals surface area contributed by atoms with Gasteiger partial charge in [-0.1, -0.05) is 6.07 Å². The molecule has 1 fully saturated rings. The lowest BCUT2D eigenvalue weighted by atomic mass is 10.2. The second-order valence-electron chi connectivity index (χ2n) is 5.38. The molecule has 0 aromatic carbocycles. The molecule has 2 rings (SSSR count). The predicted octanol–water partition coefficient (Wildman–Crippen LogP) is 2.46. The van der Waals surface area contributed by atoms with E-state index in [1.807, 2.05) is 39.1 Å². The third-order valence-corrected chi connectivity index (χ3v) is 2.61. The number of rotatable bonds is 2. The fourth-order valence-electron chi connectivity index (χ4n) is 1.78. The van der Waals surface area contributed by atoms with Gasteiger partial charge in [0.15, 0.2) is 0 Å². The van der Waals surface area contributed by atoms with E-state index in [1.165, 1.54) is 5.56 Å². The molecule has 0 bridgehead atoms. The number of carbonyl (C=O) groups is 1. The number of alkyl carbamates (subject to hydrolysis) is 1. The van der Waals surface area contributed by atoms with Crippen LogP contribution in [0.25, 0.3) is 0 Å². The highest BCUT2D eigenvalue weighted by molar-refractivity contribution is 5.69. The van der Waals surface area contributed by atoms with Crippen LogP contribution in [0.15, 0.2) is 24.5 Å². The van der Waals surface area contributed by atoms with Crippen LogP contribution in [0.4, 0.5) is 4.79 Å². The first-order valence-corrected chi connectivity index (χ1v) is 5.85. The van der Waals surface area contributed by atoms with E-state index in [9.17, 15) is 4.79 Å². The minimum Gasteiger partial charge on any atom is -0.444 e. The van der Waals surface area contributed by atoms with Crippen molar-refractivity contribution in [2.75, 3.05) is 0 Å². The van der Waals surface area contributed by atoms with Gasteiger partial charge in [-0.2, -0.15) is 0 Å². The number of carbonyl (C=O) groups excluding carboxylic acids is 1. The standard InChI is InChI=1S/C13H18N2O2/c1-13(2,3)17-12(16)15-11-7-10(11)9-5-4-6-14-8-9/h4-6,8,10-11H,7H2,1-3H3,(H,15,16)/t10?,11-/m0/s1. The molecular formula is C13H18N2O2. The van der Waals surface area contributed by atoms with Crippen molar-refractivity contribution in [2.45, 2.75) is 44.8 Å². The fraction of sp³-hybridized carbons (Fsp3) is 0.538. The summed E-state index contributed by atoms with van der Waals surface area (Å²) in [6.45, 7) is 5.58. The van der Waals surface area contributed by atoms with Gasteiger partial charge in [-0.25, -0.2) is 4.79 Å². The van der Waals surface area contributed by atoms with Gasteiger partial charge in [-0.15, -0.1) is 0 Å². The van der Waals surface area contributed by atoms with E-state index in [4.69, 9.17) is 4.74 Å². The van der Waals surface area contributed by atoms with Crippen molar-refractivity contribution in [3.05, 3.63) is 30.1 Å². The number of hydrogen-bond donors (Lipinski definition) is 1. The Morgan fingerprint density at radius 2 is 2.29 bits per heavy atom. The fourth-order valence-corrected chi connectivity index (χ4v) is 1.78. The second kappa shape index (κ2) is 4.35. The van der Waals surface area contributed by atoms with E-state index in [0.29, 0.717) is 5.92 Å². The molecule has 92 valence electrons. The summed E-state index contributed by atoms with van der Waals surface area (Å²) in [5, 5.41) is 2.87. The lowest BCUT2D eigenvalue weighted by Crippen LogP contribution is -2.34. The topological polar surface area (TPSA) is 51.2 Å². The Balaban J connectivity index is 1.83. The molecule has 1 N–H and O–H groups in total. The first-order valence-electron chi connectivity index (χ1n) is 5.85. The van der Waals surface area contributed by atoms with E-state index in [0.717, 1.165) is 6.42 Å². The van der Waals surface area contributed by atoms with Crippen molar-refractivity contribution < 1.29 is 9.53 Å². The van der Waals surface area contributed by atoms with Gasteiger partial charge in [0, 0.05) is 24.4 Å². The highest BCUT2D eigenvalue weighted by Crippen LogP contribution is 2.40. The van der Waals surface area contributed by atoms with Crippen LogP contribution in [0.1, 0.15) is 38.7 Å². The molecular weight excluding hydrogens is 216 g/mol. The Morgan fingerprint density at radius 3 is 2.88 bits per heavy atom. The van der Waals surface area contributed by atoms with Gasteiger partial charge in [0.05, 0.1) is 0 Å². The molecule has 1 aliphatic rings. The van der Waals surface area contributed by atoms with Gasteiger partial charge < -0.3 is 10.1 Å². The SMILES string of the molecule is CC(C)(C)OC(=O)N[C@H]1CC1c1cccnc1. The average Bonchev–Trinajstić information content (AvgIpc) is 2.95. The zero-order valence-corrected chi connectivity index (χ0v) is 10.4. The molecule has 4 heteroatoms. The largest absolute Gasteiger partial charge is 0.444 e. The van der Waals surface area contributed by atoms with E-state index < -0.39 is 5.60 Å². The third kappa shape index (κ3) is 3.44. The molecule has 1 aromatic heterocycles. The van der Waals surface area contributed by atoms with Gasteiger partial charge in [0.25, 0.3) is 0 Å². The maximum absolute atomic E-state index is 11.5. The van der Waals surface area contributed by atoms with Gasteiger partial charge in [-0.3, -0.25) is 4.98 Å². The molecule has 1 aromatic rings. The van der Waals surface area contributed by atoms with Crippen LogP contribution in [-0.4, -0.2) is 22.7 Å². The number of amides is 1. The number of hydrogen-bond acceptors (Lipinski definition) is 3. The van der Waals surface area contributed by atoms with Crippen molar-refractivity contribution in [1.82, 2.24) is 10.3 Å². The molecule has 4 nitrogen and oxygen atoms in total. The molecule has 1 amide bonds. The highest BCUT2D eigenvalue weighted by Gasteiger charge is 2.40. The Hall–Kier alpha value is -1.58. The normalized spacial score (nSPS) is 23.0. The number of pyridine rings is 1. The van der Waals surface area contributed by atoms with Gasteiger partial charge in [-0.05, 0) is 38.8 Å². The van der Waals surface area contributed by atoms with Crippen LogP contribution in [0, 0.1) is 0 Å². The first-order chi connectivity index (χ1) is 7.96. The molecule has 1 heterocycles. The van der Waals surface area contributed by atoms with Crippen LogP contribution < -0.4 is 5.32 Å². The Bertz CT molecular complexity index is 398. The molecule has 1 aliphatic carbocycles. The first kappa shape index (κ1) is 11.9.